The predicted octanol–water partition coefficient (Wildman–Crippen LogP) is 5.39. The second-order valence-electron chi connectivity index (χ2n) is 8.11. The third-order valence-electron chi connectivity index (χ3n) is 5.78. The van der Waals surface area contributed by atoms with Crippen LogP contribution in [0.4, 0.5) is 0 Å². The van der Waals surface area contributed by atoms with Crippen LogP contribution in [0.1, 0.15) is 17.8 Å². The van der Waals surface area contributed by atoms with Crippen molar-refractivity contribution >= 4 is 38.2 Å². The molecule has 3 aromatic heterocycles. The van der Waals surface area contributed by atoms with E-state index in [2.05, 4.69) is 9.97 Å². The van der Waals surface area contributed by atoms with Crippen LogP contribution in [-0.2, 0) is 21.2 Å². The van der Waals surface area contributed by atoms with E-state index in [1.165, 1.54) is 3.97 Å². The molecule has 0 aliphatic heterocycles. The first kappa shape index (κ1) is 22.9. The summed E-state index contributed by atoms with van der Waals surface area (Å²) < 4.78 is 28.8. The molecule has 7 nitrogen and oxygen atoms in total. The van der Waals surface area contributed by atoms with Gasteiger partial charge in [-0.15, -0.1) is 0 Å². The zero-order valence-electron chi connectivity index (χ0n) is 18.7. The van der Waals surface area contributed by atoms with Crippen molar-refractivity contribution in [2.24, 2.45) is 0 Å². The topological polar surface area (TPSA) is 102 Å². The van der Waals surface area contributed by atoms with E-state index >= 15 is 0 Å². The summed E-state index contributed by atoms with van der Waals surface area (Å²) in [6.45, 7) is 1.78. The number of hydrogen-bond acceptors (Lipinski definition) is 6. The molecule has 2 aromatic carbocycles. The number of aliphatic carboxylic acids is 1. The highest BCUT2D eigenvalue weighted by Gasteiger charge is 2.23. The Balaban J connectivity index is 1.64. The number of benzene rings is 2. The molecule has 5 aromatic rings. The Morgan fingerprint density at radius 2 is 1.91 bits per heavy atom. The molecule has 5 rings (SSSR count). The zero-order valence-corrected chi connectivity index (χ0v) is 20.4. The van der Waals surface area contributed by atoms with Crippen molar-refractivity contribution in [3.63, 3.8) is 0 Å². The standard InChI is InChI=1S/C26H21N3O4S2/c1-17-27-11-9-24(28-17)19-3-2-4-22(13-19)35(32,33)29-15-20(6-8-26(30)31)23-14-18(5-7-25(23)29)21-10-12-34-16-21/h2-5,7,9-16H,6,8H2,1H3,(H,30,31). The van der Waals surface area contributed by atoms with Crippen LogP contribution in [0.5, 0.6) is 0 Å². The molecule has 0 fully saturated rings. The van der Waals surface area contributed by atoms with Gasteiger partial charge in [0.05, 0.1) is 16.1 Å². The molecule has 176 valence electrons. The lowest BCUT2D eigenvalue weighted by molar-refractivity contribution is -0.136. The molecule has 0 aliphatic carbocycles. The molecule has 0 radical (unpaired) electrons. The van der Waals surface area contributed by atoms with E-state index in [0.29, 0.717) is 28.2 Å². The van der Waals surface area contributed by atoms with Crippen LogP contribution < -0.4 is 0 Å². The fourth-order valence-electron chi connectivity index (χ4n) is 4.06. The summed E-state index contributed by atoms with van der Waals surface area (Å²) in [7, 11) is -3.96. The molecule has 0 aliphatic rings. The Bertz CT molecular complexity index is 1660. The summed E-state index contributed by atoms with van der Waals surface area (Å²) in [6.07, 6.45) is 3.31. The highest BCUT2D eigenvalue weighted by atomic mass is 32.2. The van der Waals surface area contributed by atoms with Gasteiger partial charge >= 0.3 is 5.97 Å². The number of nitrogens with zero attached hydrogens (tertiary/aromatic N) is 3. The van der Waals surface area contributed by atoms with Crippen LogP contribution in [0.15, 0.2) is 82.6 Å². The average molecular weight is 504 g/mol. The van der Waals surface area contributed by atoms with E-state index in [9.17, 15) is 18.3 Å². The molecule has 1 N–H and O–H groups in total. The van der Waals surface area contributed by atoms with Crippen molar-refractivity contribution in [3.05, 3.63) is 89.1 Å². The van der Waals surface area contributed by atoms with Gasteiger partial charge in [-0.05, 0) is 77.2 Å². The van der Waals surface area contributed by atoms with E-state index in [4.69, 9.17) is 0 Å². The van der Waals surface area contributed by atoms with Crippen molar-refractivity contribution in [3.8, 4) is 22.4 Å². The van der Waals surface area contributed by atoms with Gasteiger partial charge in [0.1, 0.15) is 5.82 Å². The lowest BCUT2D eigenvalue weighted by Crippen LogP contribution is -2.12. The number of aryl methyl sites for hydroxylation is 2. The van der Waals surface area contributed by atoms with Gasteiger partial charge in [0.15, 0.2) is 0 Å². The monoisotopic (exact) mass is 503 g/mol. The number of fused-ring (bicyclic) bond motifs is 1. The summed E-state index contributed by atoms with van der Waals surface area (Å²) >= 11 is 1.58. The molecule has 0 bridgehead atoms. The first-order valence-electron chi connectivity index (χ1n) is 10.9. The Hall–Kier alpha value is -3.82. The number of aromatic nitrogens is 3. The number of carboxylic acids is 1. The minimum Gasteiger partial charge on any atom is -0.481 e. The molecular formula is C26H21N3O4S2. The van der Waals surface area contributed by atoms with Crippen LogP contribution in [0.3, 0.4) is 0 Å². The number of rotatable bonds is 7. The molecule has 0 saturated heterocycles. The van der Waals surface area contributed by atoms with E-state index in [-0.39, 0.29) is 17.7 Å². The highest BCUT2D eigenvalue weighted by molar-refractivity contribution is 7.90. The van der Waals surface area contributed by atoms with Crippen molar-refractivity contribution in [1.29, 1.82) is 0 Å². The van der Waals surface area contributed by atoms with Crippen LogP contribution in [-0.4, -0.2) is 33.4 Å². The van der Waals surface area contributed by atoms with Crippen LogP contribution in [0.2, 0.25) is 0 Å². The smallest absolute Gasteiger partial charge is 0.303 e. The molecule has 0 spiro atoms. The maximum absolute atomic E-state index is 13.8. The lowest BCUT2D eigenvalue weighted by Gasteiger charge is -2.10. The third-order valence-corrected chi connectivity index (χ3v) is 8.13. The minimum atomic E-state index is -3.96. The molecule has 0 unspecified atom stereocenters. The maximum Gasteiger partial charge on any atom is 0.303 e. The first-order valence-corrected chi connectivity index (χ1v) is 13.3. The van der Waals surface area contributed by atoms with E-state index in [1.807, 2.05) is 29.0 Å². The number of carboxylic acid groups (broad SMARTS) is 1. The quantitative estimate of drug-likeness (QED) is 0.320. The molecule has 0 atom stereocenters. The van der Waals surface area contributed by atoms with Crippen molar-refractivity contribution in [1.82, 2.24) is 13.9 Å². The summed E-state index contributed by atoms with van der Waals surface area (Å²) in [5.74, 6) is -0.341. The summed E-state index contributed by atoms with van der Waals surface area (Å²) in [6, 6.07) is 16.0. The van der Waals surface area contributed by atoms with E-state index in [0.717, 1.165) is 16.5 Å². The maximum atomic E-state index is 13.8. The largest absolute Gasteiger partial charge is 0.481 e. The number of hydrogen-bond donors (Lipinski definition) is 1. The van der Waals surface area contributed by atoms with Crippen LogP contribution in [0, 0.1) is 6.92 Å². The highest BCUT2D eigenvalue weighted by Crippen LogP contribution is 2.32. The Morgan fingerprint density at radius 1 is 1.06 bits per heavy atom. The van der Waals surface area contributed by atoms with E-state index < -0.39 is 16.0 Å². The molecule has 0 saturated carbocycles. The van der Waals surface area contributed by atoms with Crippen molar-refractivity contribution in [2.45, 2.75) is 24.7 Å². The number of thiophene rings is 1. The van der Waals surface area contributed by atoms with Gasteiger partial charge < -0.3 is 5.11 Å². The van der Waals surface area contributed by atoms with Gasteiger partial charge in [-0.2, -0.15) is 11.3 Å². The summed E-state index contributed by atoms with van der Waals surface area (Å²) in [4.78, 5) is 19.9. The second kappa shape index (κ2) is 9.09. The Kier molecular flexibility index (Phi) is 5.96. The van der Waals surface area contributed by atoms with Gasteiger partial charge in [-0.3, -0.25) is 4.79 Å². The third kappa shape index (κ3) is 4.48. The van der Waals surface area contributed by atoms with Gasteiger partial charge in [-0.1, -0.05) is 18.2 Å². The van der Waals surface area contributed by atoms with E-state index in [1.54, 1.807) is 67.1 Å². The summed E-state index contributed by atoms with van der Waals surface area (Å²) in [5.41, 5.74) is 4.46. The van der Waals surface area contributed by atoms with Gasteiger partial charge in [0.25, 0.3) is 10.0 Å². The van der Waals surface area contributed by atoms with Crippen LogP contribution >= 0.6 is 11.3 Å². The lowest BCUT2D eigenvalue weighted by atomic mass is 10.0. The number of carbonyl (C=O) groups is 1. The fourth-order valence-corrected chi connectivity index (χ4v) is 6.16. The predicted molar refractivity (Wildman–Crippen MR) is 136 cm³/mol. The van der Waals surface area contributed by atoms with Gasteiger partial charge in [-0.25, -0.2) is 22.4 Å². The average Bonchev–Trinajstić information content (AvgIpc) is 3.51. The molecule has 3 heterocycles. The SMILES string of the molecule is Cc1nccc(-c2cccc(S(=O)(=O)n3cc(CCC(=O)O)c4cc(-c5ccsc5)ccc43)c2)n1. The molecule has 9 heteroatoms. The van der Waals surface area contributed by atoms with Gasteiger partial charge in [0, 0.05) is 29.8 Å². The van der Waals surface area contributed by atoms with Crippen molar-refractivity contribution < 1.29 is 18.3 Å². The first-order chi connectivity index (χ1) is 16.8. The zero-order chi connectivity index (χ0) is 24.6. The van der Waals surface area contributed by atoms with Crippen molar-refractivity contribution in [2.75, 3.05) is 0 Å². The van der Waals surface area contributed by atoms with Gasteiger partial charge in [0.2, 0.25) is 0 Å². The summed E-state index contributed by atoms with van der Waals surface area (Å²) in [5, 5.41) is 13.9. The normalized spacial score (nSPS) is 11.7. The fraction of sp³-hybridized carbons (Fsp3) is 0.115. The Labute approximate surface area is 206 Å². The molecule has 0 amide bonds. The second-order valence-corrected chi connectivity index (χ2v) is 10.7. The molecular weight excluding hydrogens is 482 g/mol. The molecule has 35 heavy (non-hydrogen) atoms. The minimum absolute atomic E-state index is 0.0929. The Morgan fingerprint density at radius 3 is 2.66 bits per heavy atom. The van der Waals surface area contributed by atoms with Crippen LogP contribution in [0.25, 0.3) is 33.3 Å².